The van der Waals surface area contributed by atoms with Crippen LogP contribution in [0.1, 0.15) is 10.4 Å². The fourth-order valence-corrected chi connectivity index (χ4v) is 2.05. The Hall–Kier alpha value is -1.27. The lowest BCUT2D eigenvalue weighted by Crippen LogP contribution is -2.13. The average Bonchev–Trinajstić information content (AvgIpc) is 2.36. The average molecular weight is 391 g/mol. The number of carbonyl (C=O) groups excluding carboxylic acids is 1. The molecule has 0 saturated heterocycles. The second kappa shape index (κ2) is 5.79. The fraction of sp³-hybridized carbons (Fsp3) is 0. The summed E-state index contributed by atoms with van der Waals surface area (Å²) >= 11 is 6.17. The molecule has 0 heterocycles. The maximum atomic E-state index is 13.5. The van der Waals surface area contributed by atoms with Crippen LogP contribution in [0.5, 0.6) is 0 Å². The normalized spacial score (nSPS) is 10.3. The molecule has 0 bridgehead atoms. The summed E-state index contributed by atoms with van der Waals surface area (Å²) in [5.74, 6) is -1.79. The van der Waals surface area contributed by atoms with Gasteiger partial charge in [0, 0.05) is 10.2 Å². The Bertz CT molecular complexity index is 647. The van der Waals surface area contributed by atoms with Gasteiger partial charge in [-0.1, -0.05) is 15.9 Å². The third-order valence-electron chi connectivity index (χ3n) is 2.35. The quantitative estimate of drug-likeness (QED) is 0.788. The minimum atomic E-state index is -0.640. The SMILES string of the molecule is O=C(Nc1ccc(Br)c(F)c1)c1cc(Br)ccc1F. The Morgan fingerprint density at radius 1 is 1.00 bits per heavy atom. The van der Waals surface area contributed by atoms with Gasteiger partial charge in [0.15, 0.2) is 0 Å². The standard InChI is InChI=1S/C13H7Br2F2NO/c14-7-1-4-11(16)9(5-7)13(19)18-8-2-3-10(15)12(17)6-8/h1-6H,(H,18,19). The fourth-order valence-electron chi connectivity index (χ4n) is 1.44. The van der Waals surface area contributed by atoms with Crippen molar-refractivity contribution in [3.8, 4) is 0 Å². The Balaban J connectivity index is 2.25. The summed E-state index contributed by atoms with van der Waals surface area (Å²) in [5.41, 5.74) is 0.141. The van der Waals surface area contributed by atoms with E-state index in [4.69, 9.17) is 0 Å². The van der Waals surface area contributed by atoms with Gasteiger partial charge < -0.3 is 5.32 Å². The van der Waals surface area contributed by atoms with Gasteiger partial charge in [-0.25, -0.2) is 8.78 Å². The van der Waals surface area contributed by atoms with Gasteiger partial charge in [-0.2, -0.15) is 0 Å². The van der Waals surface area contributed by atoms with Crippen LogP contribution in [0, 0.1) is 11.6 Å². The largest absolute Gasteiger partial charge is 0.322 e. The van der Waals surface area contributed by atoms with Crippen molar-refractivity contribution in [2.45, 2.75) is 0 Å². The van der Waals surface area contributed by atoms with Crippen molar-refractivity contribution in [2.75, 3.05) is 5.32 Å². The maximum absolute atomic E-state index is 13.5. The zero-order valence-corrected chi connectivity index (χ0v) is 12.6. The third-order valence-corrected chi connectivity index (χ3v) is 3.49. The van der Waals surface area contributed by atoms with Gasteiger partial charge in [0.05, 0.1) is 10.0 Å². The van der Waals surface area contributed by atoms with E-state index in [1.165, 1.54) is 30.3 Å². The summed E-state index contributed by atoms with van der Waals surface area (Å²) in [6.07, 6.45) is 0. The van der Waals surface area contributed by atoms with E-state index in [2.05, 4.69) is 37.2 Å². The second-order valence-electron chi connectivity index (χ2n) is 3.71. The van der Waals surface area contributed by atoms with E-state index in [1.54, 1.807) is 0 Å². The van der Waals surface area contributed by atoms with E-state index < -0.39 is 17.5 Å². The van der Waals surface area contributed by atoms with E-state index in [1.807, 2.05) is 0 Å². The smallest absolute Gasteiger partial charge is 0.258 e. The van der Waals surface area contributed by atoms with Gasteiger partial charge in [-0.05, 0) is 52.3 Å². The molecule has 6 heteroatoms. The van der Waals surface area contributed by atoms with E-state index in [-0.39, 0.29) is 11.3 Å². The minimum absolute atomic E-state index is 0.113. The molecule has 19 heavy (non-hydrogen) atoms. The summed E-state index contributed by atoms with van der Waals surface area (Å²) in [6.45, 7) is 0. The van der Waals surface area contributed by atoms with Crippen LogP contribution in [-0.2, 0) is 0 Å². The molecule has 1 amide bonds. The molecule has 0 spiro atoms. The highest BCUT2D eigenvalue weighted by molar-refractivity contribution is 9.10. The van der Waals surface area contributed by atoms with Crippen molar-refractivity contribution < 1.29 is 13.6 Å². The molecule has 1 N–H and O–H groups in total. The molecular formula is C13H7Br2F2NO. The van der Waals surface area contributed by atoms with Gasteiger partial charge in [0.2, 0.25) is 0 Å². The molecular weight excluding hydrogens is 384 g/mol. The summed E-state index contributed by atoms with van der Waals surface area (Å²) in [7, 11) is 0. The first-order chi connectivity index (χ1) is 8.97. The van der Waals surface area contributed by atoms with Gasteiger partial charge >= 0.3 is 0 Å². The number of halogens is 4. The predicted octanol–water partition coefficient (Wildman–Crippen LogP) is 4.74. The first kappa shape index (κ1) is 14.1. The highest BCUT2D eigenvalue weighted by Gasteiger charge is 2.13. The number of anilines is 1. The summed E-state index contributed by atoms with van der Waals surface area (Å²) < 4.78 is 27.7. The minimum Gasteiger partial charge on any atom is -0.322 e. The molecule has 0 unspecified atom stereocenters. The Kier molecular flexibility index (Phi) is 4.31. The number of amides is 1. The van der Waals surface area contributed by atoms with Crippen LogP contribution in [0.15, 0.2) is 45.3 Å². The van der Waals surface area contributed by atoms with Crippen LogP contribution in [-0.4, -0.2) is 5.91 Å². The molecule has 2 nitrogen and oxygen atoms in total. The zero-order valence-electron chi connectivity index (χ0n) is 9.38. The molecule has 0 fully saturated rings. The number of rotatable bonds is 2. The third kappa shape index (κ3) is 3.39. The van der Waals surface area contributed by atoms with Crippen molar-refractivity contribution in [3.63, 3.8) is 0 Å². The van der Waals surface area contributed by atoms with Gasteiger partial charge in [-0.15, -0.1) is 0 Å². The molecule has 0 radical (unpaired) electrons. The van der Waals surface area contributed by atoms with Gasteiger partial charge in [0.25, 0.3) is 5.91 Å². The highest BCUT2D eigenvalue weighted by atomic mass is 79.9. The van der Waals surface area contributed by atoms with Crippen molar-refractivity contribution >= 4 is 43.5 Å². The topological polar surface area (TPSA) is 29.1 Å². The lowest BCUT2D eigenvalue weighted by Gasteiger charge is -2.07. The van der Waals surface area contributed by atoms with Crippen molar-refractivity contribution in [1.29, 1.82) is 0 Å². The first-order valence-electron chi connectivity index (χ1n) is 5.19. The summed E-state index contributed by atoms with van der Waals surface area (Å²) in [6, 6.07) is 8.16. The summed E-state index contributed by atoms with van der Waals surface area (Å²) in [4.78, 5) is 11.9. The van der Waals surface area contributed by atoms with E-state index in [0.717, 1.165) is 6.07 Å². The maximum Gasteiger partial charge on any atom is 0.258 e. The Morgan fingerprint density at radius 2 is 1.74 bits per heavy atom. The highest BCUT2D eigenvalue weighted by Crippen LogP contribution is 2.21. The number of hydrogen-bond acceptors (Lipinski definition) is 1. The molecule has 0 atom stereocenters. The monoisotopic (exact) mass is 389 g/mol. The zero-order chi connectivity index (χ0) is 14.0. The lowest BCUT2D eigenvalue weighted by molar-refractivity contribution is 0.102. The van der Waals surface area contributed by atoms with E-state index >= 15 is 0 Å². The molecule has 2 aromatic carbocycles. The molecule has 98 valence electrons. The van der Waals surface area contributed by atoms with Gasteiger partial charge in [-0.3, -0.25) is 4.79 Å². The molecule has 0 aliphatic heterocycles. The molecule has 0 aliphatic rings. The molecule has 2 aromatic rings. The molecule has 0 saturated carbocycles. The van der Waals surface area contributed by atoms with Crippen molar-refractivity contribution in [2.24, 2.45) is 0 Å². The Morgan fingerprint density at radius 3 is 2.42 bits per heavy atom. The van der Waals surface area contributed by atoms with Gasteiger partial charge in [0.1, 0.15) is 11.6 Å². The predicted molar refractivity (Wildman–Crippen MR) is 76.2 cm³/mol. The van der Waals surface area contributed by atoms with Crippen LogP contribution in [0.3, 0.4) is 0 Å². The molecule has 0 aromatic heterocycles. The van der Waals surface area contributed by atoms with E-state index in [0.29, 0.717) is 8.95 Å². The number of benzene rings is 2. The molecule has 2 rings (SSSR count). The summed E-state index contributed by atoms with van der Waals surface area (Å²) in [5, 5.41) is 2.43. The van der Waals surface area contributed by atoms with Crippen molar-refractivity contribution in [1.82, 2.24) is 0 Å². The van der Waals surface area contributed by atoms with Crippen LogP contribution >= 0.6 is 31.9 Å². The lowest BCUT2D eigenvalue weighted by atomic mass is 10.2. The number of nitrogens with one attached hydrogen (secondary N) is 1. The van der Waals surface area contributed by atoms with Crippen LogP contribution < -0.4 is 5.32 Å². The number of hydrogen-bond donors (Lipinski definition) is 1. The first-order valence-corrected chi connectivity index (χ1v) is 6.77. The van der Waals surface area contributed by atoms with Crippen LogP contribution in [0.2, 0.25) is 0 Å². The Labute approximate surface area is 125 Å². The van der Waals surface area contributed by atoms with Crippen LogP contribution in [0.4, 0.5) is 14.5 Å². The van der Waals surface area contributed by atoms with E-state index in [9.17, 15) is 13.6 Å². The van der Waals surface area contributed by atoms with Crippen molar-refractivity contribution in [3.05, 3.63) is 62.5 Å². The second-order valence-corrected chi connectivity index (χ2v) is 5.48. The van der Waals surface area contributed by atoms with Crippen LogP contribution in [0.25, 0.3) is 0 Å². The molecule has 0 aliphatic carbocycles. The number of carbonyl (C=O) groups is 1.